The first-order valence-corrected chi connectivity index (χ1v) is 6.13. The Morgan fingerprint density at radius 1 is 1.14 bits per heavy atom. The van der Waals surface area contributed by atoms with E-state index in [1.807, 2.05) is 0 Å². The smallest absolute Gasteiger partial charge is 0.0650 e. The number of nitrogens with one attached hydrogen (secondary N) is 1. The molecule has 0 aromatic carbocycles. The highest BCUT2D eigenvalue weighted by Gasteiger charge is 2.39. The fourth-order valence-corrected chi connectivity index (χ4v) is 3.33. The minimum Gasteiger partial charge on any atom is -0.390 e. The summed E-state index contributed by atoms with van der Waals surface area (Å²) in [4.78, 5) is 0. The average molecular weight is 197 g/mol. The molecule has 2 heteroatoms. The Labute approximate surface area is 87.1 Å². The van der Waals surface area contributed by atoms with Crippen molar-refractivity contribution < 1.29 is 5.11 Å². The normalized spacial score (nSPS) is 41.1. The Morgan fingerprint density at radius 2 is 1.86 bits per heavy atom. The van der Waals surface area contributed by atoms with Gasteiger partial charge in [0.05, 0.1) is 5.60 Å². The minimum absolute atomic E-state index is 0.375. The Balaban J connectivity index is 1.99. The highest BCUT2D eigenvalue weighted by atomic mass is 16.3. The number of piperidine rings is 1. The molecule has 2 nitrogen and oxygen atoms in total. The van der Waals surface area contributed by atoms with Crippen LogP contribution in [0.5, 0.6) is 0 Å². The molecule has 0 radical (unpaired) electrons. The molecular formula is C12H23NO. The standard InChI is InChI=1S/C12H23NO/c1-12(14)7-3-2-4-11(12)10-5-8-13-9-6-10/h10-11,13-14H,2-9H2,1H3. The second-order valence-corrected chi connectivity index (χ2v) is 5.30. The molecule has 0 amide bonds. The Bertz CT molecular complexity index is 185. The molecule has 2 unspecified atom stereocenters. The van der Waals surface area contributed by atoms with Crippen LogP contribution in [0.15, 0.2) is 0 Å². The maximum atomic E-state index is 10.4. The lowest BCUT2D eigenvalue weighted by Gasteiger charge is -2.43. The van der Waals surface area contributed by atoms with Crippen LogP contribution in [-0.2, 0) is 0 Å². The third-order valence-corrected chi connectivity index (χ3v) is 4.20. The van der Waals surface area contributed by atoms with Crippen LogP contribution in [-0.4, -0.2) is 23.8 Å². The van der Waals surface area contributed by atoms with Crippen molar-refractivity contribution in [3.05, 3.63) is 0 Å². The van der Waals surface area contributed by atoms with Gasteiger partial charge in [-0.3, -0.25) is 0 Å². The van der Waals surface area contributed by atoms with Crippen molar-refractivity contribution >= 4 is 0 Å². The zero-order valence-electron chi connectivity index (χ0n) is 9.26. The van der Waals surface area contributed by atoms with Crippen LogP contribution in [0.25, 0.3) is 0 Å². The van der Waals surface area contributed by atoms with Crippen LogP contribution in [0, 0.1) is 11.8 Å². The van der Waals surface area contributed by atoms with Crippen molar-refractivity contribution in [2.75, 3.05) is 13.1 Å². The largest absolute Gasteiger partial charge is 0.390 e. The minimum atomic E-state index is -0.375. The van der Waals surface area contributed by atoms with Crippen LogP contribution in [0.1, 0.15) is 45.4 Å². The Morgan fingerprint density at radius 3 is 2.50 bits per heavy atom. The van der Waals surface area contributed by atoms with Gasteiger partial charge in [0, 0.05) is 0 Å². The summed E-state index contributed by atoms with van der Waals surface area (Å²) in [6, 6.07) is 0. The van der Waals surface area contributed by atoms with E-state index in [2.05, 4.69) is 12.2 Å². The Hall–Kier alpha value is -0.0800. The number of aliphatic hydroxyl groups is 1. The molecule has 2 aliphatic rings. The number of hydrogen-bond acceptors (Lipinski definition) is 2. The molecule has 0 aromatic heterocycles. The Kier molecular flexibility index (Phi) is 3.13. The topological polar surface area (TPSA) is 32.3 Å². The lowest BCUT2D eigenvalue weighted by molar-refractivity contribution is -0.0611. The van der Waals surface area contributed by atoms with Crippen molar-refractivity contribution in [2.45, 2.75) is 51.0 Å². The second kappa shape index (κ2) is 4.19. The van der Waals surface area contributed by atoms with E-state index in [9.17, 15) is 5.11 Å². The third-order valence-electron chi connectivity index (χ3n) is 4.20. The lowest BCUT2D eigenvalue weighted by atomic mass is 9.68. The van der Waals surface area contributed by atoms with E-state index in [4.69, 9.17) is 0 Å². The summed E-state index contributed by atoms with van der Waals surface area (Å²) < 4.78 is 0. The first-order valence-electron chi connectivity index (χ1n) is 6.13. The maximum absolute atomic E-state index is 10.4. The molecule has 1 aliphatic carbocycles. The fourth-order valence-electron chi connectivity index (χ4n) is 3.33. The van der Waals surface area contributed by atoms with Gasteiger partial charge in [-0.1, -0.05) is 12.8 Å². The lowest BCUT2D eigenvalue weighted by Crippen LogP contribution is -2.44. The predicted octanol–water partition coefficient (Wildman–Crippen LogP) is 1.93. The summed E-state index contributed by atoms with van der Waals surface area (Å²) in [5.41, 5.74) is -0.375. The van der Waals surface area contributed by atoms with E-state index >= 15 is 0 Å². The first-order chi connectivity index (χ1) is 6.70. The molecule has 82 valence electrons. The van der Waals surface area contributed by atoms with Gasteiger partial charge in [0.1, 0.15) is 0 Å². The van der Waals surface area contributed by atoms with Gasteiger partial charge in [0.25, 0.3) is 0 Å². The van der Waals surface area contributed by atoms with E-state index in [1.54, 1.807) is 0 Å². The van der Waals surface area contributed by atoms with Crippen molar-refractivity contribution in [3.63, 3.8) is 0 Å². The van der Waals surface area contributed by atoms with Gasteiger partial charge >= 0.3 is 0 Å². The quantitative estimate of drug-likeness (QED) is 0.673. The molecule has 1 saturated carbocycles. The number of rotatable bonds is 1. The molecule has 14 heavy (non-hydrogen) atoms. The van der Waals surface area contributed by atoms with Gasteiger partial charge in [-0.15, -0.1) is 0 Å². The summed E-state index contributed by atoms with van der Waals surface area (Å²) in [7, 11) is 0. The summed E-state index contributed by atoms with van der Waals surface area (Å²) >= 11 is 0. The SMILES string of the molecule is CC1(O)CCCCC1C1CCNCC1. The van der Waals surface area contributed by atoms with Crippen molar-refractivity contribution in [2.24, 2.45) is 11.8 Å². The van der Waals surface area contributed by atoms with Crippen LogP contribution in [0.2, 0.25) is 0 Å². The average Bonchev–Trinajstić information content (AvgIpc) is 2.18. The molecule has 2 fully saturated rings. The van der Waals surface area contributed by atoms with Gasteiger partial charge in [-0.2, -0.15) is 0 Å². The third kappa shape index (κ3) is 2.12. The van der Waals surface area contributed by atoms with E-state index in [-0.39, 0.29) is 5.60 Å². The molecule has 1 saturated heterocycles. The zero-order valence-corrected chi connectivity index (χ0v) is 9.26. The number of hydrogen-bond donors (Lipinski definition) is 2. The predicted molar refractivity (Wildman–Crippen MR) is 58.2 cm³/mol. The molecule has 2 atom stereocenters. The molecular weight excluding hydrogens is 174 g/mol. The summed E-state index contributed by atoms with van der Waals surface area (Å²) in [6.45, 7) is 4.35. The first kappa shape index (κ1) is 10.4. The summed E-state index contributed by atoms with van der Waals surface area (Å²) in [5.74, 6) is 1.34. The maximum Gasteiger partial charge on any atom is 0.0650 e. The highest BCUT2D eigenvalue weighted by Crippen LogP contribution is 2.41. The molecule has 2 N–H and O–H groups in total. The molecule has 0 spiro atoms. The summed E-state index contributed by atoms with van der Waals surface area (Å²) in [5, 5.41) is 13.8. The molecule has 2 rings (SSSR count). The van der Waals surface area contributed by atoms with Crippen molar-refractivity contribution in [1.82, 2.24) is 5.32 Å². The van der Waals surface area contributed by atoms with E-state index in [1.165, 1.54) is 32.1 Å². The van der Waals surface area contributed by atoms with Gasteiger partial charge in [-0.05, 0) is 57.5 Å². The van der Waals surface area contributed by atoms with E-state index in [0.29, 0.717) is 5.92 Å². The zero-order chi connectivity index (χ0) is 10.0. The van der Waals surface area contributed by atoms with Gasteiger partial charge in [-0.25, -0.2) is 0 Å². The molecule has 0 bridgehead atoms. The van der Waals surface area contributed by atoms with Crippen LogP contribution in [0.3, 0.4) is 0 Å². The second-order valence-electron chi connectivity index (χ2n) is 5.30. The summed E-state index contributed by atoms with van der Waals surface area (Å²) in [6.07, 6.45) is 7.33. The molecule has 1 aliphatic heterocycles. The van der Waals surface area contributed by atoms with Crippen LogP contribution < -0.4 is 5.32 Å². The van der Waals surface area contributed by atoms with Crippen LogP contribution in [0.4, 0.5) is 0 Å². The van der Waals surface area contributed by atoms with Gasteiger partial charge < -0.3 is 10.4 Å². The molecule has 0 aromatic rings. The highest BCUT2D eigenvalue weighted by molar-refractivity contribution is 4.91. The monoisotopic (exact) mass is 197 g/mol. The van der Waals surface area contributed by atoms with Gasteiger partial charge in [0.15, 0.2) is 0 Å². The van der Waals surface area contributed by atoms with E-state index in [0.717, 1.165) is 25.4 Å². The van der Waals surface area contributed by atoms with Crippen LogP contribution >= 0.6 is 0 Å². The fraction of sp³-hybridized carbons (Fsp3) is 1.00. The van der Waals surface area contributed by atoms with Crippen molar-refractivity contribution in [3.8, 4) is 0 Å². The van der Waals surface area contributed by atoms with E-state index < -0.39 is 0 Å². The van der Waals surface area contributed by atoms with Crippen molar-refractivity contribution in [1.29, 1.82) is 0 Å². The molecule has 1 heterocycles. The van der Waals surface area contributed by atoms with Gasteiger partial charge in [0.2, 0.25) is 0 Å².